The van der Waals surface area contributed by atoms with E-state index in [1.807, 2.05) is 17.8 Å². The van der Waals surface area contributed by atoms with E-state index >= 15 is 0 Å². The summed E-state index contributed by atoms with van der Waals surface area (Å²) in [6.07, 6.45) is 0. The van der Waals surface area contributed by atoms with E-state index < -0.39 is 0 Å². The topological polar surface area (TPSA) is 12.0 Å². The van der Waals surface area contributed by atoms with Crippen LogP contribution < -0.4 is 5.32 Å². The van der Waals surface area contributed by atoms with Gasteiger partial charge in [-0.1, -0.05) is 44.2 Å². The summed E-state index contributed by atoms with van der Waals surface area (Å²) in [6, 6.07) is 19.3. The number of benzene rings is 2. The van der Waals surface area contributed by atoms with Gasteiger partial charge < -0.3 is 5.32 Å². The average molecular weight is 271 g/mol. The van der Waals surface area contributed by atoms with Gasteiger partial charge in [0, 0.05) is 22.9 Å². The highest BCUT2D eigenvalue weighted by Gasteiger charge is 1.99. The number of para-hydroxylation sites is 1. The van der Waals surface area contributed by atoms with Crippen molar-refractivity contribution in [3.63, 3.8) is 0 Å². The molecule has 100 valence electrons. The highest BCUT2D eigenvalue weighted by molar-refractivity contribution is 7.99. The van der Waals surface area contributed by atoms with E-state index in [0.29, 0.717) is 5.92 Å². The first kappa shape index (κ1) is 14.0. The Kier molecular flexibility index (Phi) is 5.34. The minimum absolute atomic E-state index is 0.610. The first-order valence-electron chi connectivity index (χ1n) is 6.77. The Labute approximate surface area is 120 Å². The Morgan fingerprint density at radius 2 is 1.63 bits per heavy atom. The van der Waals surface area contributed by atoms with Gasteiger partial charge in [-0.15, -0.1) is 11.8 Å². The van der Waals surface area contributed by atoms with Crippen LogP contribution in [0.25, 0.3) is 0 Å². The van der Waals surface area contributed by atoms with Gasteiger partial charge >= 0.3 is 0 Å². The Morgan fingerprint density at radius 3 is 2.26 bits per heavy atom. The molecule has 0 aliphatic carbocycles. The summed E-state index contributed by atoms with van der Waals surface area (Å²) in [5.74, 6) is 1.69. The summed E-state index contributed by atoms with van der Waals surface area (Å²) in [4.78, 5) is 1.35. The molecule has 0 unspecified atom stereocenters. The fourth-order valence-electron chi connectivity index (χ4n) is 1.87. The van der Waals surface area contributed by atoms with E-state index in [2.05, 4.69) is 67.7 Å². The third kappa shape index (κ3) is 4.64. The van der Waals surface area contributed by atoms with E-state index in [1.165, 1.54) is 16.1 Å². The maximum atomic E-state index is 3.42. The molecule has 2 aromatic carbocycles. The molecule has 0 heterocycles. The highest BCUT2D eigenvalue weighted by atomic mass is 32.2. The fourth-order valence-corrected chi connectivity index (χ4v) is 2.64. The van der Waals surface area contributed by atoms with Crippen LogP contribution in [0, 0.1) is 0 Å². The Balaban J connectivity index is 1.74. The summed E-state index contributed by atoms with van der Waals surface area (Å²) < 4.78 is 0. The number of hydrogen-bond donors (Lipinski definition) is 1. The molecular weight excluding hydrogens is 250 g/mol. The minimum atomic E-state index is 0.610. The molecule has 19 heavy (non-hydrogen) atoms. The predicted octanol–water partition coefficient (Wildman–Crippen LogP) is 5.01. The molecule has 1 N–H and O–H groups in total. The van der Waals surface area contributed by atoms with E-state index in [0.717, 1.165) is 12.3 Å². The zero-order chi connectivity index (χ0) is 13.5. The molecular formula is C17H21NS. The highest BCUT2D eigenvalue weighted by Crippen LogP contribution is 2.21. The van der Waals surface area contributed by atoms with Crippen LogP contribution in [0.1, 0.15) is 25.3 Å². The minimum Gasteiger partial charge on any atom is -0.384 e. The second-order valence-electron chi connectivity index (χ2n) is 4.86. The van der Waals surface area contributed by atoms with Crippen LogP contribution in [-0.4, -0.2) is 12.3 Å². The van der Waals surface area contributed by atoms with Crippen molar-refractivity contribution in [3.8, 4) is 0 Å². The van der Waals surface area contributed by atoms with E-state index in [-0.39, 0.29) is 0 Å². The van der Waals surface area contributed by atoms with Crippen molar-refractivity contribution < 1.29 is 0 Å². The fraction of sp³-hybridized carbons (Fsp3) is 0.294. The van der Waals surface area contributed by atoms with Crippen molar-refractivity contribution in [3.05, 3.63) is 60.2 Å². The van der Waals surface area contributed by atoms with Gasteiger partial charge in [0.1, 0.15) is 0 Å². The SMILES string of the molecule is CC(C)c1ccc(SCCNc2ccccc2)cc1. The van der Waals surface area contributed by atoms with Gasteiger partial charge in [0.05, 0.1) is 0 Å². The molecule has 0 saturated carbocycles. The van der Waals surface area contributed by atoms with Crippen molar-refractivity contribution in [2.24, 2.45) is 0 Å². The summed E-state index contributed by atoms with van der Waals surface area (Å²) in [5.41, 5.74) is 2.60. The molecule has 0 aromatic heterocycles. The number of thioether (sulfide) groups is 1. The molecule has 0 aliphatic rings. The molecule has 0 radical (unpaired) electrons. The summed E-state index contributed by atoms with van der Waals surface area (Å²) >= 11 is 1.90. The third-order valence-corrected chi connectivity index (χ3v) is 4.03. The maximum Gasteiger partial charge on any atom is 0.0340 e. The molecule has 0 bridgehead atoms. The lowest BCUT2D eigenvalue weighted by Gasteiger charge is -2.08. The molecule has 0 spiro atoms. The summed E-state index contributed by atoms with van der Waals surface area (Å²) in [7, 11) is 0. The molecule has 2 heteroatoms. The predicted molar refractivity (Wildman–Crippen MR) is 86.2 cm³/mol. The van der Waals surface area contributed by atoms with Crippen LogP contribution in [-0.2, 0) is 0 Å². The van der Waals surface area contributed by atoms with Crippen LogP contribution in [0.5, 0.6) is 0 Å². The lowest BCUT2D eigenvalue weighted by molar-refractivity contribution is 0.865. The van der Waals surface area contributed by atoms with Crippen molar-refractivity contribution in [1.82, 2.24) is 0 Å². The molecule has 0 atom stereocenters. The van der Waals surface area contributed by atoms with Gasteiger partial charge in [0.2, 0.25) is 0 Å². The maximum absolute atomic E-state index is 3.42. The van der Waals surface area contributed by atoms with Crippen molar-refractivity contribution in [1.29, 1.82) is 0 Å². The second-order valence-corrected chi connectivity index (χ2v) is 6.03. The van der Waals surface area contributed by atoms with Crippen LogP contribution in [0.4, 0.5) is 5.69 Å². The van der Waals surface area contributed by atoms with Crippen molar-refractivity contribution >= 4 is 17.4 Å². The van der Waals surface area contributed by atoms with E-state index in [4.69, 9.17) is 0 Å². The van der Waals surface area contributed by atoms with Crippen LogP contribution >= 0.6 is 11.8 Å². The van der Waals surface area contributed by atoms with Crippen LogP contribution in [0.2, 0.25) is 0 Å². The zero-order valence-electron chi connectivity index (χ0n) is 11.6. The first-order chi connectivity index (χ1) is 9.25. The largest absolute Gasteiger partial charge is 0.384 e. The number of rotatable bonds is 6. The van der Waals surface area contributed by atoms with Gasteiger partial charge in [0.25, 0.3) is 0 Å². The molecule has 0 fully saturated rings. The summed E-state index contributed by atoms with van der Waals surface area (Å²) in [5, 5.41) is 3.42. The van der Waals surface area contributed by atoms with Gasteiger partial charge in [-0.25, -0.2) is 0 Å². The van der Waals surface area contributed by atoms with Crippen LogP contribution in [0.15, 0.2) is 59.5 Å². The summed E-state index contributed by atoms with van der Waals surface area (Å²) in [6.45, 7) is 5.44. The average Bonchev–Trinajstić information content (AvgIpc) is 2.45. The number of nitrogens with one attached hydrogen (secondary N) is 1. The van der Waals surface area contributed by atoms with Gasteiger partial charge in [-0.05, 0) is 35.7 Å². The van der Waals surface area contributed by atoms with E-state index in [9.17, 15) is 0 Å². The van der Waals surface area contributed by atoms with Crippen molar-refractivity contribution in [2.75, 3.05) is 17.6 Å². The molecule has 0 saturated heterocycles. The normalized spacial score (nSPS) is 10.7. The van der Waals surface area contributed by atoms with Crippen LogP contribution in [0.3, 0.4) is 0 Å². The first-order valence-corrected chi connectivity index (χ1v) is 7.76. The van der Waals surface area contributed by atoms with E-state index in [1.54, 1.807) is 0 Å². The molecule has 2 rings (SSSR count). The molecule has 0 amide bonds. The zero-order valence-corrected chi connectivity index (χ0v) is 12.4. The molecule has 2 aromatic rings. The Bertz CT molecular complexity index is 476. The number of anilines is 1. The van der Waals surface area contributed by atoms with Crippen molar-refractivity contribution in [2.45, 2.75) is 24.7 Å². The second kappa shape index (κ2) is 7.25. The lowest BCUT2D eigenvalue weighted by atomic mass is 10.0. The molecule has 1 nitrogen and oxygen atoms in total. The monoisotopic (exact) mass is 271 g/mol. The van der Waals surface area contributed by atoms with Gasteiger partial charge in [-0.2, -0.15) is 0 Å². The van der Waals surface area contributed by atoms with Gasteiger partial charge in [0.15, 0.2) is 0 Å². The van der Waals surface area contributed by atoms with Gasteiger partial charge in [-0.3, -0.25) is 0 Å². The Morgan fingerprint density at radius 1 is 0.947 bits per heavy atom. The standard InChI is InChI=1S/C17H21NS/c1-14(2)15-8-10-17(11-9-15)19-13-12-18-16-6-4-3-5-7-16/h3-11,14,18H,12-13H2,1-2H3. The lowest BCUT2D eigenvalue weighted by Crippen LogP contribution is -2.03. The smallest absolute Gasteiger partial charge is 0.0340 e. The quantitative estimate of drug-likeness (QED) is 0.585. The Hall–Kier alpha value is -1.41. The molecule has 0 aliphatic heterocycles. The third-order valence-electron chi connectivity index (χ3n) is 3.02. The number of hydrogen-bond acceptors (Lipinski definition) is 2.